The highest BCUT2D eigenvalue weighted by atomic mass is 32.1. The Labute approximate surface area is 157 Å². The summed E-state index contributed by atoms with van der Waals surface area (Å²) in [6.07, 6.45) is 0. The Hall–Kier alpha value is -3.30. The molecule has 0 spiro atoms. The van der Waals surface area contributed by atoms with Gasteiger partial charge in [-0.05, 0) is 24.3 Å². The van der Waals surface area contributed by atoms with Crippen LogP contribution in [-0.4, -0.2) is 24.1 Å². The van der Waals surface area contributed by atoms with Gasteiger partial charge in [0, 0.05) is 0 Å². The van der Waals surface area contributed by atoms with Crippen molar-refractivity contribution in [3.05, 3.63) is 69.2 Å². The molecule has 0 saturated heterocycles. The lowest BCUT2D eigenvalue weighted by atomic mass is 10.3. The van der Waals surface area contributed by atoms with Gasteiger partial charge in [0.2, 0.25) is 5.13 Å². The van der Waals surface area contributed by atoms with E-state index in [2.05, 4.69) is 15.1 Å². The minimum atomic E-state index is -0.439. The summed E-state index contributed by atoms with van der Waals surface area (Å²) in [5, 5.41) is 3.47. The Morgan fingerprint density at radius 2 is 1.63 bits per heavy atom. The first-order valence-corrected chi connectivity index (χ1v) is 9.75. The summed E-state index contributed by atoms with van der Waals surface area (Å²) >= 11 is 2.79. The molecule has 1 N–H and O–H groups in total. The van der Waals surface area contributed by atoms with Gasteiger partial charge in [-0.15, -0.1) is 0 Å². The Balaban J connectivity index is 1.72. The van der Waals surface area contributed by atoms with E-state index in [-0.39, 0.29) is 16.6 Å². The molecular formula is C18H9N5O2S2. The molecule has 7 nitrogen and oxygen atoms in total. The van der Waals surface area contributed by atoms with E-state index >= 15 is 0 Å². The molecule has 0 aliphatic heterocycles. The van der Waals surface area contributed by atoms with Gasteiger partial charge in [0.05, 0.1) is 20.4 Å². The molecule has 0 unspecified atom stereocenters. The molecule has 0 atom stereocenters. The molecule has 0 bridgehead atoms. The number of nitrogens with zero attached hydrogens (tertiary/aromatic N) is 4. The molecular weight excluding hydrogens is 382 g/mol. The van der Waals surface area contributed by atoms with Crippen LogP contribution < -0.4 is 11.1 Å². The lowest BCUT2D eigenvalue weighted by Gasteiger charge is -1.93. The highest BCUT2D eigenvalue weighted by molar-refractivity contribution is 7.23. The molecule has 130 valence electrons. The molecule has 4 aromatic heterocycles. The number of thiazole rings is 2. The summed E-state index contributed by atoms with van der Waals surface area (Å²) in [6.45, 7) is 0. The molecule has 6 aromatic rings. The first-order chi connectivity index (χ1) is 13.2. The maximum Gasteiger partial charge on any atom is 0.288 e. The third-order valence-corrected chi connectivity index (χ3v) is 6.51. The molecule has 6 rings (SSSR count). The number of H-pyrrole nitrogens is 1. The SMILES string of the molecule is O=c1c2c(=O)n3c(nc2[nH]n1-c1nc2ccccc2s1)sc1ccccc13. The van der Waals surface area contributed by atoms with Crippen LogP contribution in [0.3, 0.4) is 0 Å². The third kappa shape index (κ3) is 1.95. The number of benzene rings is 2. The van der Waals surface area contributed by atoms with Crippen molar-refractivity contribution in [2.45, 2.75) is 0 Å². The predicted molar refractivity (Wildman–Crippen MR) is 107 cm³/mol. The second-order valence-corrected chi connectivity index (χ2v) is 8.06. The maximum absolute atomic E-state index is 13.1. The molecule has 27 heavy (non-hydrogen) atoms. The average Bonchev–Trinajstić information content (AvgIpc) is 3.34. The quantitative estimate of drug-likeness (QED) is 0.467. The zero-order valence-electron chi connectivity index (χ0n) is 13.5. The van der Waals surface area contributed by atoms with Gasteiger partial charge in [0.15, 0.2) is 16.0 Å². The topological polar surface area (TPSA) is 85.0 Å². The van der Waals surface area contributed by atoms with Crippen LogP contribution in [0.25, 0.3) is 41.6 Å². The van der Waals surface area contributed by atoms with Crippen molar-refractivity contribution in [3.63, 3.8) is 0 Å². The molecule has 4 heterocycles. The van der Waals surface area contributed by atoms with Crippen LogP contribution in [0.2, 0.25) is 0 Å². The monoisotopic (exact) mass is 391 g/mol. The highest BCUT2D eigenvalue weighted by Crippen LogP contribution is 2.26. The Morgan fingerprint density at radius 3 is 2.48 bits per heavy atom. The zero-order chi connectivity index (χ0) is 18.1. The molecule has 0 aliphatic carbocycles. The number of hydrogen-bond acceptors (Lipinski definition) is 6. The lowest BCUT2D eigenvalue weighted by molar-refractivity contribution is 0.852. The number of aromatic amines is 1. The van der Waals surface area contributed by atoms with E-state index in [1.165, 1.54) is 31.8 Å². The van der Waals surface area contributed by atoms with Crippen LogP contribution in [0.4, 0.5) is 0 Å². The van der Waals surface area contributed by atoms with Crippen LogP contribution in [0.5, 0.6) is 0 Å². The number of aromatic nitrogens is 5. The normalized spacial score (nSPS) is 12.0. The van der Waals surface area contributed by atoms with Gasteiger partial charge in [-0.25, -0.2) is 9.97 Å². The van der Waals surface area contributed by atoms with Gasteiger partial charge >= 0.3 is 0 Å². The van der Waals surface area contributed by atoms with Gasteiger partial charge < -0.3 is 0 Å². The van der Waals surface area contributed by atoms with E-state index in [9.17, 15) is 9.59 Å². The largest absolute Gasteiger partial charge is 0.288 e. The maximum atomic E-state index is 13.1. The van der Waals surface area contributed by atoms with Crippen LogP contribution >= 0.6 is 22.7 Å². The van der Waals surface area contributed by atoms with E-state index in [4.69, 9.17) is 0 Å². The van der Waals surface area contributed by atoms with Crippen LogP contribution in [0.15, 0.2) is 58.1 Å². The molecule has 0 fully saturated rings. The van der Waals surface area contributed by atoms with Gasteiger partial charge in [-0.2, -0.15) is 4.68 Å². The minimum Gasteiger partial charge on any atom is -0.271 e. The molecule has 0 saturated carbocycles. The van der Waals surface area contributed by atoms with E-state index in [1.54, 1.807) is 0 Å². The second kappa shape index (κ2) is 5.12. The molecule has 9 heteroatoms. The Morgan fingerprint density at radius 1 is 0.852 bits per heavy atom. The molecule has 0 amide bonds. The number of rotatable bonds is 1. The summed E-state index contributed by atoms with van der Waals surface area (Å²) in [5.74, 6) is 0. The second-order valence-electron chi connectivity index (χ2n) is 6.04. The van der Waals surface area contributed by atoms with Crippen LogP contribution in [0.1, 0.15) is 0 Å². The van der Waals surface area contributed by atoms with Gasteiger partial charge in [0.25, 0.3) is 11.1 Å². The van der Waals surface area contributed by atoms with Crippen molar-refractivity contribution in [1.82, 2.24) is 24.1 Å². The van der Waals surface area contributed by atoms with Crippen molar-refractivity contribution >= 4 is 59.1 Å². The van der Waals surface area contributed by atoms with Gasteiger partial charge in [0.1, 0.15) is 0 Å². The number of para-hydroxylation sites is 2. The number of hydrogen-bond donors (Lipinski definition) is 1. The molecule has 2 aromatic carbocycles. The fraction of sp³-hybridized carbons (Fsp3) is 0. The summed E-state index contributed by atoms with van der Waals surface area (Å²) in [4.78, 5) is 35.6. The number of nitrogens with one attached hydrogen (secondary N) is 1. The van der Waals surface area contributed by atoms with Crippen molar-refractivity contribution in [1.29, 1.82) is 0 Å². The van der Waals surface area contributed by atoms with E-state index < -0.39 is 5.56 Å². The summed E-state index contributed by atoms with van der Waals surface area (Å²) in [6, 6.07) is 15.2. The summed E-state index contributed by atoms with van der Waals surface area (Å²) in [5.41, 5.74) is 1.03. The third-order valence-electron chi connectivity index (χ3n) is 4.47. The van der Waals surface area contributed by atoms with Crippen molar-refractivity contribution < 1.29 is 0 Å². The van der Waals surface area contributed by atoms with E-state index in [1.807, 2.05) is 48.5 Å². The van der Waals surface area contributed by atoms with Crippen LogP contribution in [0, 0.1) is 0 Å². The highest BCUT2D eigenvalue weighted by Gasteiger charge is 2.19. The van der Waals surface area contributed by atoms with Crippen molar-refractivity contribution in [2.24, 2.45) is 0 Å². The first-order valence-electron chi connectivity index (χ1n) is 8.12. The van der Waals surface area contributed by atoms with E-state index in [0.29, 0.717) is 10.1 Å². The molecule has 0 aliphatic rings. The fourth-order valence-electron chi connectivity index (χ4n) is 3.24. The van der Waals surface area contributed by atoms with Gasteiger partial charge in [-0.3, -0.25) is 19.1 Å². The fourth-order valence-corrected chi connectivity index (χ4v) is 5.18. The number of fused-ring (bicyclic) bond motifs is 5. The summed E-state index contributed by atoms with van der Waals surface area (Å²) in [7, 11) is 0. The minimum absolute atomic E-state index is 0.0373. The van der Waals surface area contributed by atoms with Crippen molar-refractivity contribution in [2.75, 3.05) is 0 Å². The lowest BCUT2D eigenvalue weighted by Crippen LogP contribution is -2.21. The van der Waals surface area contributed by atoms with Gasteiger partial charge in [-0.1, -0.05) is 46.9 Å². The smallest absolute Gasteiger partial charge is 0.271 e. The standard InChI is InChI=1S/C18H9N5O2S2/c24-15-13-14(20-17-22(15)10-6-2-4-8-12(10)27-17)21-23(16(13)25)18-19-9-5-1-3-7-11(9)26-18/h1-8,21H. The predicted octanol–water partition coefficient (Wildman–Crippen LogP) is 3.15. The van der Waals surface area contributed by atoms with Crippen molar-refractivity contribution in [3.8, 4) is 5.13 Å². The average molecular weight is 391 g/mol. The van der Waals surface area contributed by atoms with Crippen LogP contribution in [-0.2, 0) is 0 Å². The molecule has 0 radical (unpaired) electrons. The Bertz CT molecular complexity index is 1600. The summed E-state index contributed by atoms with van der Waals surface area (Å²) < 4.78 is 4.71. The Kier molecular flexibility index (Phi) is 2.81. The van der Waals surface area contributed by atoms with E-state index in [0.717, 1.165) is 20.4 Å². The zero-order valence-corrected chi connectivity index (χ0v) is 15.2. The first kappa shape index (κ1) is 14.8.